The third kappa shape index (κ3) is 2.22. The van der Waals surface area contributed by atoms with Crippen LogP contribution >= 0.6 is 0 Å². The summed E-state index contributed by atoms with van der Waals surface area (Å²) in [5.41, 5.74) is 0. The minimum atomic E-state index is -2.40. The standard InChI is InChI=1S/C13H22F2N2/c14-13(15)5-1-2-10-8-17(9-12(10)13)11-3-6-16-7-4-11/h10-12,16H,1-9H2/t10-,12+/m0/s1. The molecule has 0 spiro atoms. The zero-order valence-electron chi connectivity index (χ0n) is 10.3. The molecule has 3 rings (SSSR count). The molecular formula is C13H22F2N2. The molecule has 2 aliphatic heterocycles. The van der Waals surface area contributed by atoms with Gasteiger partial charge in [-0.15, -0.1) is 0 Å². The summed E-state index contributed by atoms with van der Waals surface area (Å²) in [5.74, 6) is -2.50. The molecule has 0 aromatic rings. The average molecular weight is 244 g/mol. The topological polar surface area (TPSA) is 15.3 Å². The number of hydrogen-bond donors (Lipinski definition) is 1. The van der Waals surface area contributed by atoms with Crippen molar-refractivity contribution in [1.29, 1.82) is 0 Å². The zero-order chi connectivity index (χ0) is 11.9. The highest BCUT2D eigenvalue weighted by Gasteiger charge is 2.51. The average Bonchev–Trinajstić information content (AvgIpc) is 2.75. The van der Waals surface area contributed by atoms with Gasteiger partial charge in [0.2, 0.25) is 0 Å². The maximum atomic E-state index is 13.9. The summed E-state index contributed by atoms with van der Waals surface area (Å²) in [6, 6.07) is 0.553. The van der Waals surface area contributed by atoms with E-state index >= 15 is 0 Å². The molecule has 0 unspecified atom stereocenters. The van der Waals surface area contributed by atoms with Crippen molar-refractivity contribution in [3.8, 4) is 0 Å². The molecule has 0 aromatic carbocycles. The minimum Gasteiger partial charge on any atom is -0.317 e. The van der Waals surface area contributed by atoms with E-state index < -0.39 is 5.92 Å². The molecule has 1 aliphatic carbocycles. The van der Waals surface area contributed by atoms with E-state index in [4.69, 9.17) is 0 Å². The van der Waals surface area contributed by atoms with Crippen LogP contribution in [0.4, 0.5) is 8.78 Å². The molecule has 2 nitrogen and oxygen atoms in total. The van der Waals surface area contributed by atoms with Gasteiger partial charge in [0.1, 0.15) is 0 Å². The molecule has 3 fully saturated rings. The van der Waals surface area contributed by atoms with Crippen molar-refractivity contribution in [2.75, 3.05) is 26.2 Å². The predicted molar refractivity (Wildman–Crippen MR) is 63.2 cm³/mol. The summed E-state index contributed by atoms with van der Waals surface area (Å²) in [7, 11) is 0. The Morgan fingerprint density at radius 1 is 1.06 bits per heavy atom. The number of nitrogens with zero attached hydrogens (tertiary/aromatic N) is 1. The van der Waals surface area contributed by atoms with Gasteiger partial charge in [-0.1, -0.05) is 0 Å². The van der Waals surface area contributed by atoms with Crippen LogP contribution in [0.2, 0.25) is 0 Å². The van der Waals surface area contributed by atoms with E-state index in [2.05, 4.69) is 10.2 Å². The molecule has 0 radical (unpaired) electrons. The molecule has 98 valence electrons. The van der Waals surface area contributed by atoms with Crippen LogP contribution in [0.5, 0.6) is 0 Å². The third-order valence-corrected chi connectivity index (χ3v) is 4.92. The first-order valence-corrected chi connectivity index (χ1v) is 6.99. The van der Waals surface area contributed by atoms with Crippen molar-refractivity contribution >= 4 is 0 Å². The number of fused-ring (bicyclic) bond motifs is 1. The van der Waals surface area contributed by atoms with Gasteiger partial charge in [-0.2, -0.15) is 0 Å². The zero-order valence-corrected chi connectivity index (χ0v) is 10.3. The molecule has 1 saturated carbocycles. The lowest BCUT2D eigenvalue weighted by Gasteiger charge is -2.33. The Morgan fingerprint density at radius 2 is 1.82 bits per heavy atom. The van der Waals surface area contributed by atoms with Crippen molar-refractivity contribution in [2.24, 2.45) is 11.8 Å². The molecule has 0 bridgehead atoms. The molecule has 0 amide bonds. The Hall–Kier alpha value is -0.220. The van der Waals surface area contributed by atoms with E-state index in [9.17, 15) is 8.78 Å². The summed E-state index contributed by atoms with van der Waals surface area (Å²) in [5, 5.41) is 3.34. The van der Waals surface area contributed by atoms with Crippen molar-refractivity contribution in [2.45, 2.75) is 44.1 Å². The Morgan fingerprint density at radius 3 is 2.53 bits per heavy atom. The molecule has 2 heterocycles. The van der Waals surface area contributed by atoms with E-state index in [1.807, 2.05) is 0 Å². The second kappa shape index (κ2) is 4.47. The first-order chi connectivity index (χ1) is 8.17. The van der Waals surface area contributed by atoms with Gasteiger partial charge in [0, 0.05) is 31.5 Å². The number of rotatable bonds is 1. The number of likely N-dealkylation sites (tertiary alicyclic amines) is 1. The summed E-state index contributed by atoms with van der Waals surface area (Å²) in [4.78, 5) is 2.36. The Labute approximate surface area is 102 Å². The lowest BCUT2D eigenvalue weighted by molar-refractivity contribution is -0.0950. The van der Waals surface area contributed by atoms with Gasteiger partial charge >= 0.3 is 0 Å². The van der Waals surface area contributed by atoms with Crippen LogP contribution in [-0.4, -0.2) is 43.0 Å². The lowest BCUT2D eigenvalue weighted by Crippen LogP contribution is -2.43. The maximum Gasteiger partial charge on any atom is 0.252 e. The van der Waals surface area contributed by atoms with Gasteiger partial charge in [0.25, 0.3) is 5.92 Å². The Bertz CT molecular complexity index is 277. The quantitative estimate of drug-likeness (QED) is 0.760. The van der Waals surface area contributed by atoms with Gasteiger partial charge in [0.05, 0.1) is 0 Å². The van der Waals surface area contributed by atoms with Crippen molar-refractivity contribution < 1.29 is 8.78 Å². The van der Waals surface area contributed by atoms with Gasteiger partial charge in [0.15, 0.2) is 0 Å². The van der Waals surface area contributed by atoms with E-state index in [0.29, 0.717) is 19.0 Å². The molecular weight excluding hydrogens is 222 g/mol. The molecule has 17 heavy (non-hydrogen) atoms. The lowest BCUT2D eigenvalue weighted by atomic mass is 9.79. The number of hydrogen-bond acceptors (Lipinski definition) is 2. The fourth-order valence-electron chi connectivity index (χ4n) is 3.93. The predicted octanol–water partition coefficient (Wildman–Crippen LogP) is 2.11. The smallest absolute Gasteiger partial charge is 0.252 e. The van der Waals surface area contributed by atoms with Crippen LogP contribution in [0.25, 0.3) is 0 Å². The number of halogens is 2. The van der Waals surface area contributed by atoms with E-state index in [0.717, 1.165) is 38.9 Å². The van der Waals surface area contributed by atoms with Gasteiger partial charge in [-0.05, 0) is 44.7 Å². The second-order valence-corrected chi connectivity index (χ2v) is 5.95. The molecule has 2 saturated heterocycles. The van der Waals surface area contributed by atoms with Crippen molar-refractivity contribution in [3.63, 3.8) is 0 Å². The highest BCUT2D eigenvalue weighted by molar-refractivity contribution is 4.97. The SMILES string of the molecule is FC1(F)CCC[C@H]2CN(C3CCNCC3)C[C@H]21. The van der Waals surface area contributed by atoms with E-state index in [1.54, 1.807) is 0 Å². The van der Waals surface area contributed by atoms with Gasteiger partial charge in [-0.3, -0.25) is 4.90 Å². The highest BCUT2D eigenvalue weighted by atomic mass is 19.3. The fraction of sp³-hybridized carbons (Fsp3) is 1.00. The number of alkyl halides is 2. The van der Waals surface area contributed by atoms with E-state index in [-0.39, 0.29) is 18.3 Å². The molecule has 3 aliphatic rings. The fourth-order valence-corrected chi connectivity index (χ4v) is 3.93. The largest absolute Gasteiger partial charge is 0.317 e. The van der Waals surface area contributed by atoms with Crippen LogP contribution in [0.1, 0.15) is 32.1 Å². The molecule has 0 aromatic heterocycles. The van der Waals surface area contributed by atoms with Crippen LogP contribution in [-0.2, 0) is 0 Å². The van der Waals surface area contributed by atoms with Gasteiger partial charge in [-0.25, -0.2) is 8.78 Å². The second-order valence-electron chi connectivity index (χ2n) is 5.95. The van der Waals surface area contributed by atoms with Gasteiger partial charge < -0.3 is 5.32 Å². The first kappa shape index (κ1) is 11.8. The Kier molecular flexibility index (Phi) is 3.11. The highest BCUT2D eigenvalue weighted by Crippen LogP contribution is 2.46. The van der Waals surface area contributed by atoms with Crippen LogP contribution in [0.3, 0.4) is 0 Å². The molecule has 4 heteroatoms. The summed E-state index contributed by atoms with van der Waals surface area (Å²) < 4.78 is 27.7. The van der Waals surface area contributed by atoms with Crippen molar-refractivity contribution in [1.82, 2.24) is 10.2 Å². The van der Waals surface area contributed by atoms with Crippen LogP contribution < -0.4 is 5.32 Å². The number of piperidine rings is 1. The minimum absolute atomic E-state index is 0.119. The monoisotopic (exact) mass is 244 g/mol. The van der Waals surface area contributed by atoms with Crippen LogP contribution in [0.15, 0.2) is 0 Å². The summed E-state index contributed by atoms with van der Waals surface area (Å²) in [6.45, 7) is 3.66. The third-order valence-electron chi connectivity index (χ3n) is 4.92. The van der Waals surface area contributed by atoms with Crippen LogP contribution in [0, 0.1) is 11.8 Å². The van der Waals surface area contributed by atoms with Crippen molar-refractivity contribution in [3.05, 3.63) is 0 Å². The summed E-state index contributed by atoms with van der Waals surface area (Å²) >= 11 is 0. The molecule has 1 N–H and O–H groups in total. The maximum absolute atomic E-state index is 13.9. The normalized spacial score (nSPS) is 39.2. The van der Waals surface area contributed by atoms with E-state index in [1.165, 1.54) is 0 Å². The summed E-state index contributed by atoms with van der Waals surface area (Å²) in [6.07, 6.45) is 4.11. The Balaban J connectivity index is 1.67. The number of nitrogens with one attached hydrogen (secondary N) is 1. The first-order valence-electron chi connectivity index (χ1n) is 6.99. The molecule has 2 atom stereocenters.